The van der Waals surface area contributed by atoms with Crippen LogP contribution in [0.5, 0.6) is 0 Å². The minimum Gasteiger partial charge on any atom is -0.462 e. The Labute approximate surface area is 154 Å². The van der Waals surface area contributed by atoms with Gasteiger partial charge in [-0.25, -0.2) is 4.79 Å². The first kappa shape index (κ1) is 18.3. The fraction of sp³-hybridized carbons (Fsp3) is 0.278. The third-order valence-electron chi connectivity index (χ3n) is 4.27. The first-order chi connectivity index (χ1) is 12.9. The van der Waals surface area contributed by atoms with E-state index in [0.29, 0.717) is 0 Å². The zero-order chi connectivity index (χ0) is 19.7. The highest BCUT2D eigenvalue weighted by Crippen LogP contribution is 2.25. The monoisotopic (exact) mass is 370 g/mol. The van der Waals surface area contributed by atoms with Crippen molar-refractivity contribution in [3.63, 3.8) is 0 Å². The molecule has 0 saturated carbocycles. The Bertz CT molecular complexity index is 914. The molecular weight excluding hydrogens is 352 g/mol. The number of carbonyl (C=O) groups is 4. The molecule has 0 spiro atoms. The molecule has 1 unspecified atom stereocenters. The van der Waals surface area contributed by atoms with E-state index in [1.807, 2.05) is 0 Å². The molecule has 2 aromatic rings. The number of esters is 1. The number of aromatic nitrogens is 2. The van der Waals surface area contributed by atoms with Crippen molar-refractivity contribution in [1.82, 2.24) is 14.7 Å². The van der Waals surface area contributed by atoms with E-state index < -0.39 is 29.7 Å². The lowest BCUT2D eigenvalue weighted by Crippen LogP contribution is -2.45. The molecule has 9 heteroatoms. The molecule has 0 saturated heterocycles. The van der Waals surface area contributed by atoms with E-state index in [-0.39, 0.29) is 29.1 Å². The molecule has 0 fully saturated rings. The maximum atomic E-state index is 12.7. The van der Waals surface area contributed by atoms with Crippen LogP contribution in [0.3, 0.4) is 0 Å². The highest BCUT2D eigenvalue weighted by atomic mass is 16.5. The first-order valence-electron chi connectivity index (χ1n) is 8.33. The van der Waals surface area contributed by atoms with Gasteiger partial charge < -0.3 is 10.1 Å². The van der Waals surface area contributed by atoms with Gasteiger partial charge in [0.2, 0.25) is 5.91 Å². The maximum Gasteiger partial charge on any atom is 0.343 e. The second kappa shape index (κ2) is 7.02. The Hall–Kier alpha value is -3.49. The second-order valence-electron chi connectivity index (χ2n) is 5.94. The average Bonchev–Trinajstić information content (AvgIpc) is 3.13. The average molecular weight is 370 g/mol. The van der Waals surface area contributed by atoms with Gasteiger partial charge in [0.05, 0.1) is 23.9 Å². The fourth-order valence-corrected chi connectivity index (χ4v) is 2.84. The summed E-state index contributed by atoms with van der Waals surface area (Å²) in [5, 5.41) is 6.50. The molecule has 1 atom stereocenters. The second-order valence-corrected chi connectivity index (χ2v) is 5.94. The standard InChI is InChI=1S/C18H18N4O5/c1-4-27-18(26)13-9-19-21(3)14(13)20-15(23)10(2)22-16(24)11-7-5-6-8-12(11)17(22)25/h5-10H,4H2,1-3H3,(H,20,23). The normalized spacial score (nSPS) is 14.1. The maximum absolute atomic E-state index is 12.7. The molecule has 0 radical (unpaired) electrons. The summed E-state index contributed by atoms with van der Waals surface area (Å²) in [6, 6.07) is 5.31. The molecule has 3 rings (SSSR count). The van der Waals surface area contributed by atoms with Gasteiger partial charge in [0.15, 0.2) is 0 Å². The summed E-state index contributed by atoms with van der Waals surface area (Å²) in [5.41, 5.74) is 0.604. The van der Waals surface area contributed by atoms with E-state index >= 15 is 0 Å². The van der Waals surface area contributed by atoms with Crippen molar-refractivity contribution in [1.29, 1.82) is 0 Å². The van der Waals surface area contributed by atoms with Gasteiger partial charge in [-0.3, -0.25) is 24.0 Å². The van der Waals surface area contributed by atoms with Crippen LogP contribution in [-0.2, 0) is 16.6 Å². The van der Waals surface area contributed by atoms with Crippen LogP contribution in [0.15, 0.2) is 30.5 Å². The highest BCUT2D eigenvalue weighted by Gasteiger charge is 2.41. The first-order valence-corrected chi connectivity index (χ1v) is 8.33. The molecule has 0 bridgehead atoms. The predicted molar refractivity (Wildman–Crippen MR) is 94.2 cm³/mol. The van der Waals surface area contributed by atoms with Gasteiger partial charge >= 0.3 is 5.97 Å². The van der Waals surface area contributed by atoms with Gasteiger partial charge in [0.1, 0.15) is 17.4 Å². The summed E-state index contributed by atoms with van der Waals surface area (Å²) < 4.78 is 6.24. The molecular formula is C18H18N4O5. The molecule has 140 valence electrons. The van der Waals surface area contributed by atoms with Crippen molar-refractivity contribution >= 4 is 29.5 Å². The van der Waals surface area contributed by atoms with Crippen molar-refractivity contribution in [3.8, 4) is 0 Å². The lowest BCUT2D eigenvalue weighted by atomic mass is 10.1. The zero-order valence-electron chi connectivity index (χ0n) is 15.1. The molecule has 2 heterocycles. The number of aryl methyl sites for hydroxylation is 1. The Morgan fingerprint density at radius 2 is 1.78 bits per heavy atom. The summed E-state index contributed by atoms with van der Waals surface area (Å²) >= 11 is 0. The van der Waals surface area contributed by atoms with E-state index in [1.165, 1.54) is 17.8 Å². The van der Waals surface area contributed by atoms with E-state index in [2.05, 4.69) is 10.4 Å². The quantitative estimate of drug-likeness (QED) is 0.626. The highest BCUT2D eigenvalue weighted by molar-refractivity contribution is 6.23. The SMILES string of the molecule is CCOC(=O)c1cnn(C)c1NC(=O)C(C)N1C(=O)c2ccccc2C1=O. The van der Waals surface area contributed by atoms with Crippen LogP contribution in [-0.4, -0.2) is 51.0 Å². The van der Waals surface area contributed by atoms with Crippen LogP contribution < -0.4 is 5.32 Å². The Balaban J connectivity index is 1.82. The van der Waals surface area contributed by atoms with Crippen LogP contribution in [0.1, 0.15) is 44.9 Å². The van der Waals surface area contributed by atoms with Crippen molar-refractivity contribution in [2.75, 3.05) is 11.9 Å². The number of imide groups is 1. The van der Waals surface area contributed by atoms with E-state index in [0.717, 1.165) is 4.90 Å². The van der Waals surface area contributed by atoms with Crippen molar-refractivity contribution in [3.05, 3.63) is 47.2 Å². The van der Waals surface area contributed by atoms with Gasteiger partial charge in [-0.15, -0.1) is 0 Å². The molecule has 1 aliphatic rings. The third kappa shape index (κ3) is 3.07. The topological polar surface area (TPSA) is 111 Å². The molecule has 9 nitrogen and oxygen atoms in total. The number of nitrogens with zero attached hydrogens (tertiary/aromatic N) is 3. The Morgan fingerprint density at radius 1 is 1.19 bits per heavy atom. The lowest BCUT2D eigenvalue weighted by Gasteiger charge is -2.21. The Kier molecular flexibility index (Phi) is 4.76. The summed E-state index contributed by atoms with van der Waals surface area (Å²) in [6.07, 6.45) is 1.28. The number of benzene rings is 1. The number of fused-ring (bicyclic) bond motifs is 1. The third-order valence-corrected chi connectivity index (χ3v) is 4.27. The number of anilines is 1. The van der Waals surface area contributed by atoms with Gasteiger partial charge in [-0.2, -0.15) is 5.10 Å². The number of ether oxygens (including phenoxy) is 1. The van der Waals surface area contributed by atoms with Crippen LogP contribution >= 0.6 is 0 Å². The number of hydrogen-bond acceptors (Lipinski definition) is 6. The zero-order valence-corrected chi connectivity index (χ0v) is 15.1. The largest absolute Gasteiger partial charge is 0.462 e. The van der Waals surface area contributed by atoms with E-state index in [4.69, 9.17) is 4.74 Å². The lowest BCUT2D eigenvalue weighted by molar-refractivity contribution is -0.119. The summed E-state index contributed by atoms with van der Waals surface area (Å²) in [5.74, 6) is -2.20. The minimum atomic E-state index is -1.08. The minimum absolute atomic E-state index is 0.0854. The molecule has 27 heavy (non-hydrogen) atoms. The summed E-state index contributed by atoms with van der Waals surface area (Å²) in [4.78, 5) is 50.6. The molecule has 1 aromatic carbocycles. The number of nitrogens with one attached hydrogen (secondary N) is 1. The van der Waals surface area contributed by atoms with Crippen LogP contribution in [0.2, 0.25) is 0 Å². The van der Waals surface area contributed by atoms with E-state index in [9.17, 15) is 19.2 Å². The van der Waals surface area contributed by atoms with Crippen LogP contribution in [0.4, 0.5) is 5.82 Å². The van der Waals surface area contributed by atoms with Crippen LogP contribution in [0.25, 0.3) is 0 Å². The van der Waals surface area contributed by atoms with Crippen molar-refractivity contribution in [2.45, 2.75) is 19.9 Å². The van der Waals surface area contributed by atoms with Gasteiger partial charge in [0.25, 0.3) is 11.8 Å². The number of hydrogen-bond donors (Lipinski definition) is 1. The smallest absolute Gasteiger partial charge is 0.343 e. The van der Waals surface area contributed by atoms with Gasteiger partial charge in [-0.05, 0) is 26.0 Å². The van der Waals surface area contributed by atoms with Crippen LogP contribution in [0, 0.1) is 0 Å². The van der Waals surface area contributed by atoms with Gasteiger partial charge in [-0.1, -0.05) is 12.1 Å². The molecule has 1 aromatic heterocycles. The molecule has 3 amide bonds. The van der Waals surface area contributed by atoms with E-state index in [1.54, 1.807) is 38.2 Å². The van der Waals surface area contributed by atoms with Crippen molar-refractivity contribution in [2.24, 2.45) is 7.05 Å². The molecule has 0 aliphatic carbocycles. The molecule has 1 N–H and O–H groups in total. The van der Waals surface area contributed by atoms with Crippen molar-refractivity contribution < 1.29 is 23.9 Å². The Morgan fingerprint density at radius 3 is 2.33 bits per heavy atom. The number of rotatable bonds is 5. The predicted octanol–water partition coefficient (Wildman–Crippen LogP) is 1.22. The summed E-state index contributed by atoms with van der Waals surface area (Å²) in [7, 11) is 1.55. The summed E-state index contributed by atoms with van der Waals surface area (Å²) in [6.45, 7) is 3.28. The molecule has 1 aliphatic heterocycles. The number of carbonyl (C=O) groups excluding carboxylic acids is 4. The fourth-order valence-electron chi connectivity index (χ4n) is 2.84. The van der Waals surface area contributed by atoms with Gasteiger partial charge in [0, 0.05) is 7.05 Å². The number of amides is 3.